The number of anilines is 1. The van der Waals surface area contributed by atoms with Crippen LogP contribution in [0.1, 0.15) is 39.0 Å². The SMILES string of the molecule is C[C@H](OC(=O)C1C[C@H]2CCC[C@@H](C1)C2=O)C(=O)Nc1ccc(Cl)cc1. The Kier molecular flexibility index (Phi) is 5.42. The number of ketones is 1. The Hall–Kier alpha value is -1.88. The van der Waals surface area contributed by atoms with Crippen molar-refractivity contribution in [3.05, 3.63) is 29.3 Å². The molecule has 0 heterocycles. The highest BCUT2D eigenvalue weighted by molar-refractivity contribution is 6.30. The van der Waals surface area contributed by atoms with E-state index in [9.17, 15) is 14.4 Å². The van der Waals surface area contributed by atoms with E-state index in [0.29, 0.717) is 29.3 Å². The minimum Gasteiger partial charge on any atom is -0.452 e. The van der Waals surface area contributed by atoms with Crippen LogP contribution in [0.15, 0.2) is 24.3 Å². The molecule has 0 radical (unpaired) electrons. The van der Waals surface area contributed by atoms with Gasteiger partial charge in [-0.2, -0.15) is 0 Å². The highest BCUT2D eigenvalue weighted by Gasteiger charge is 2.42. The monoisotopic (exact) mass is 363 g/mol. The minimum atomic E-state index is -0.888. The summed E-state index contributed by atoms with van der Waals surface area (Å²) in [6.07, 6.45) is 3.01. The number of benzene rings is 1. The van der Waals surface area contributed by atoms with E-state index in [-0.39, 0.29) is 29.6 Å². The number of hydrogen-bond acceptors (Lipinski definition) is 4. The van der Waals surface area contributed by atoms with Crippen LogP contribution in [-0.4, -0.2) is 23.8 Å². The summed E-state index contributed by atoms with van der Waals surface area (Å²) in [6, 6.07) is 6.71. The van der Waals surface area contributed by atoms with E-state index in [4.69, 9.17) is 16.3 Å². The zero-order valence-electron chi connectivity index (χ0n) is 14.2. The van der Waals surface area contributed by atoms with Crippen LogP contribution in [-0.2, 0) is 19.1 Å². The number of hydrogen-bond donors (Lipinski definition) is 1. The fraction of sp³-hybridized carbons (Fsp3) is 0.526. The summed E-state index contributed by atoms with van der Waals surface area (Å²) < 4.78 is 5.36. The van der Waals surface area contributed by atoms with Crippen molar-refractivity contribution >= 4 is 34.9 Å². The second-order valence-corrected chi connectivity index (χ2v) is 7.41. The molecule has 1 aromatic rings. The van der Waals surface area contributed by atoms with E-state index in [0.717, 1.165) is 19.3 Å². The molecule has 0 aliphatic heterocycles. The van der Waals surface area contributed by atoms with Crippen molar-refractivity contribution in [3.63, 3.8) is 0 Å². The highest BCUT2D eigenvalue weighted by Crippen LogP contribution is 2.40. The molecule has 6 heteroatoms. The molecular formula is C19H22ClNO4. The van der Waals surface area contributed by atoms with E-state index in [1.165, 1.54) is 0 Å². The quantitative estimate of drug-likeness (QED) is 0.829. The maximum absolute atomic E-state index is 12.4. The van der Waals surface area contributed by atoms with E-state index in [2.05, 4.69) is 5.32 Å². The average molecular weight is 364 g/mol. The molecule has 2 aliphatic rings. The molecule has 134 valence electrons. The highest BCUT2D eigenvalue weighted by atomic mass is 35.5. The maximum atomic E-state index is 12.4. The van der Waals surface area contributed by atoms with E-state index >= 15 is 0 Å². The Balaban J connectivity index is 1.54. The van der Waals surface area contributed by atoms with Gasteiger partial charge in [-0.1, -0.05) is 18.0 Å². The Morgan fingerprint density at radius 1 is 1.16 bits per heavy atom. The van der Waals surface area contributed by atoms with Crippen molar-refractivity contribution in [1.82, 2.24) is 0 Å². The molecule has 2 aliphatic carbocycles. The fourth-order valence-corrected chi connectivity index (χ4v) is 3.90. The van der Waals surface area contributed by atoms with Gasteiger partial charge in [0.2, 0.25) is 0 Å². The van der Waals surface area contributed by atoms with Gasteiger partial charge in [-0.25, -0.2) is 0 Å². The van der Waals surface area contributed by atoms with E-state index < -0.39 is 6.10 Å². The third-order valence-corrected chi connectivity index (χ3v) is 5.41. The van der Waals surface area contributed by atoms with Crippen LogP contribution in [0.5, 0.6) is 0 Å². The molecule has 3 rings (SSSR count). The lowest BCUT2D eigenvalue weighted by molar-refractivity contribution is -0.161. The Morgan fingerprint density at radius 3 is 2.36 bits per heavy atom. The number of fused-ring (bicyclic) bond motifs is 2. The molecule has 1 N–H and O–H groups in total. The molecule has 2 saturated carbocycles. The van der Waals surface area contributed by atoms with Crippen LogP contribution >= 0.6 is 11.6 Å². The fourth-order valence-electron chi connectivity index (χ4n) is 3.77. The zero-order chi connectivity index (χ0) is 18.0. The van der Waals surface area contributed by atoms with Crippen molar-refractivity contribution in [2.24, 2.45) is 17.8 Å². The largest absolute Gasteiger partial charge is 0.452 e. The number of Topliss-reactive ketones (excluding diaryl/α,β-unsaturated/α-hetero) is 1. The van der Waals surface area contributed by atoms with Crippen molar-refractivity contribution < 1.29 is 19.1 Å². The molecule has 0 spiro atoms. The van der Waals surface area contributed by atoms with Gasteiger partial charge in [-0.3, -0.25) is 14.4 Å². The number of halogens is 1. The molecule has 5 nitrogen and oxygen atoms in total. The first kappa shape index (κ1) is 17.9. The number of carbonyl (C=O) groups is 3. The number of nitrogens with one attached hydrogen (secondary N) is 1. The normalized spacial score (nSPS) is 26.6. The van der Waals surface area contributed by atoms with E-state index in [1.54, 1.807) is 31.2 Å². The average Bonchev–Trinajstić information content (AvgIpc) is 2.56. The van der Waals surface area contributed by atoms with Gasteiger partial charge in [0.05, 0.1) is 5.92 Å². The molecule has 2 fully saturated rings. The number of amides is 1. The van der Waals surface area contributed by atoms with Gasteiger partial charge < -0.3 is 10.1 Å². The summed E-state index contributed by atoms with van der Waals surface area (Å²) in [6.45, 7) is 1.55. The first-order chi connectivity index (χ1) is 11.9. The van der Waals surface area contributed by atoms with Gasteiger partial charge in [-0.15, -0.1) is 0 Å². The molecular weight excluding hydrogens is 342 g/mol. The van der Waals surface area contributed by atoms with Gasteiger partial charge in [0.25, 0.3) is 5.91 Å². The molecule has 1 unspecified atom stereocenters. The Labute approximate surface area is 152 Å². The van der Waals surface area contributed by atoms with Gasteiger partial charge in [-0.05, 0) is 56.9 Å². The molecule has 4 atom stereocenters. The zero-order valence-corrected chi connectivity index (χ0v) is 14.9. The number of rotatable bonds is 4. The summed E-state index contributed by atoms with van der Waals surface area (Å²) in [7, 11) is 0. The smallest absolute Gasteiger partial charge is 0.309 e. The Bertz CT molecular complexity index is 657. The molecule has 2 bridgehead atoms. The minimum absolute atomic E-state index is 0.0109. The molecule has 0 saturated heterocycles. The lowest BCUT2D eigenvalue weighted by Crippen LogP contribution is -2.41. The third-order valence-electron chi connectivity index (χ3n) is 5.16. The molecule has 25 heavy (non-hydrogen) atoms. The van der Waals surface area contributed by atoms with Crippen molar-refractivity contribution in [2.45, 2.75) is 45.1 Å². The van der Waals surface area contributed by atoms with Crippen LogP contribution in [0.25, 0.3) is 0 Å². The van der Waals surface area contributed by atoms with Crippen LogP contribution < -0.4 is 5.32 Å². The summed E-state index contributed by atoms with van der Waals surface area (Å²) in [4.78, 5) is 36.7. The van der Waals surface area contributed by atoms with Gasteiger partial charge >= 0.3 is 5.97 Å². The van der Waals surface area contributed by atoms with Crippen molar-refractivity contribution in [1.29, 1.82) is 0 Å². The first-order valence-electron chi connectivity index (χ1n) is 8.74. The van der Waals surface area contributed by atoms with Gasteiger partial charge in [0.15, 0.2) is 6.10 Å². The van der Waals surface area contributed by atoms with Crippen molar-refractivity contribution in [3.8, 4) is 0 Å². The predicted octanol–water partition coefficient (Wildman–Crippen LogP) is 3.61. The molecule has 1 aromatic carbocycles. The van der Waals surface area contributed by atoms with Gasteiger partial charge in [0.1, 0.15) is 5.78 Å². The van der Waals surface area contributed by atoms with Crippen LogP contribution in [0.3, 0.4) is 0 Å². The second kappa shape index (κ2) is 7.56. The second-order valence-electron chi connectivity index (χ2n) is 6.97. The lowest BCUT2D eigenvalue weighted by atomic mass is 9.67. The summed E-state index contributed by atoms with van der Waals surface area (Å²) >= 11 is 5.81. The summed E-state index contributed by atoms with van der Waals surface area (Å²) in [5, 5.41) is 3.27. The third kappa shape index (κ3) is 4.21. The summed E-state index contributed by atoms with van der Waals surface area (Å²) in [5.74, 6) is -0.750. The van der Waals surface area contributed by atoms with Gasteiger partial charge in [0, 0.05) is 22.5 Å². The number of esters is 1. The van der Waals surface area contributed by atoms with Crippen LogP contribution in [0.2, 0.25) is 5.02 Å². The topological polar surface area (TPSA) is 72.5 Å². The van der Waals surface area contributed by atoms with Crippen molar-refractivity contribution in [2.75, 3.05) is 5.32 Å². The number of ether oxygens (including phenoxy) is 1. The summed E-state index contributed by atoms with van der Waals surface area (Å²) in [5.41, 5.74) is 0.593. The molecule has 0 aromatic heterocycles. The lowest BCUT2D eigenvalue weighted by Gasteiger charge is -2.36. The Morgan fingerprint density at radius 2 is 1.76 bits per heavy atom. The van der Waals surface area contributed by atoms with E-state index in [1.807, 2.05) is 0 Å². The first-order valence-corrected chi connectivity index (χ1v) is 9.12. The molecule has 1 amide bonds. The standard InChI is InChI=1S/C19H22ClNO4/c1-11(18(23)21-16-7-5-15(20)6-8-16)25-19(24)14-9-12-3-2-4-13(10-14)17(12)22/h5-8,11-14H,2-4,9-10H2,1H3,(H,21,23)/t11-,12-,13+,14?/m0/s1. The van der Waals surface area contributed by atoms with Crippen LogP contribution in [0, 0.1) is 17.8 Å². The predicted molar refractivity (Wildman–Crippen MR) is 94.2 cm³/mol. The number of carbonyl (C=O) groups excluding carboxylic acids is 3. The maximum Gasteiger partial charge on any atom is 0.309 e. The van der Waals surface area contributed by atoms with Crippen LogP contribution in [0.4, 0.5) is 5.69 Å².